The minimum atomic E-state index is -0.0629. The molecule has 0 aliphatic carbocycles. The summed E-state index contributed by atoms with van der Waals surface area (Å²) in [6.45, 7) is 4.89. The van der Waals surface area contributed by atoms with Gasteiger partial charge >= 0.3 is 0 Å². The molecule has 0 bridgehead atoms. The molecule has 1 aliphatic heterocycles. The number of hydrogen-bond donors (Lipinski definition) is 1. The van der Waals surface area contributed by atoms with E-state index in [0.29, 0.717) is 49.2 Å². The fraction of sp³-hybridized carbons (Fsp3) is 0.562. The molecule has 1 aromatic rings. The molecule has 1 aromatic carbocycles. The van der Waals surface area contributed by atoms with Crippen LogP contribution in [0.15, 0.2) is 18.2 Å². The molecule has 0 spiro atoms. The summed E-state index contributed by atoms with van der Waals surface area (Å²) in [4.78, 5) is 14.6. The van der Waals surface area contributed by atoms with Crippen LogP contribution in [0.2, 0.25) is 5.02 Å². The second-order valence-electron chi connectivity index (χ2n) is 5.97. The van der Waals surface area contributed by atoms with Gasteiger partial charge in [-0.1, -0.05) is 18.5 Å². The molecule has 22 heavy (non-hydrogen) atoms. The largest absolute Gasteiger partial charge is 0.490 e. The van der Waals surface area contributed by atoms with Crippen LogP contribution in [0.25, 0.3) is 0 Å². The summed E-state index contributed by atoms with van der Waals surface area (Å²) < 4.78 is 10.6. The van der Waals surface area contributed by atoms with Crippen molar-refractivity contribution in [2.45, 2.75) is 13.3 Å². The van der Waals surface area contributed by atoms with Gasteiger partial charge in [0.15, 0.2) is 0 Å². The van der Waals surface area contributed by atoms with Gasteiger partial charge in [0.25, 0.3) is 5.91 Å². The Labute approximate surface area is 136 Å². The maximum Gasteiger partial charge on any atom is 0.257 e. The number of likely N-dealkylation sites (tertiary alicyclic amines) is 1. The first-order valence-electron chi connectivity index (χ1n) is 7.40. The molecule has 122 valence electrons. The standard InChI is InChI=1S/C16H23ClN2O3/c1-16(10-18)5-6-19(11-16)15(20)13-9-12(17)3-4-14(13)22-8-7-21-2/h3-4,9H,5-8,10-11,18H2,1-2H3. The average Bonchev–Trinajstić information content (AvgIpc) is 2.91. The normalized spacial score (nSPS) is 21.2. The van der Waals surface area contributed by atoms with Crippen LogP contribution >= 0.6 is 11.6 Å². The highest BCUT2D eigenvalue weighted by Gasteiger charge is 2.35. The third-order valence-corrected chi connectivity index (χ3v) is 4.29. The predicted molar refractivity (Wildman–Crippen MR) is 86.5 cm³/mol. The maximum atomic E-state index is 12.8. The van der Waals surface area contributed by atoms with Crippen molar-refractivity contribution in [2.75, 3.05) is 40.0 Å². The van der Waals surface area contributed by atoms with E-state index in [0.717, 1.165) is 6.42 Å². The second kappa shape index (κ2) is 7.31. The molecule has 1 heterocycles. The molecule has 5 nitrogen and oxygen atoms in total. The lowest BCUT2D eigenvalue weighted by molar-refractivity contribution is 0.0769. The smallest absolute Gasteiger partial charge is 0.257 e. The van der Waals surface area contributed by atoms with E-state index in [1.165, 1.54) is 0 Å². The van der Waals surface area contributed by atoms with Crippen LogP contribution in [0.3, 0.4) is 0 Å². The first kappa shape index (κ1) is 17.1. The summed E-state index contributed by atoms with van der Waals surface area (Å²) >= 11 is 6.04. The molecule has 1 atom stereocenters. The van der Waals surface area contributed by atoms with Crippen molar-refractivity contribution in [3.05, 3.63) is 28.8 Å². The highest BCUT2D eigenvalue weighted by Crippen LogP contribution is 2.32. The summed E-state index contributed by atoms with van der Waals surface area (Å²) in [5.74, 6) is 0.472. The highest BCUT2D eigenvalue weighted by atomic mass is 35.5. The number of methoxy groups -OCH3 is 1. The Hall–Kier alpha value is -1.30. The summed E-state index contributed by atoms with van der Waals surface area (Å²) in [5, 5.41) is 0.517. The first-order chi connectivity index (χ1) is 10.5. The zero-order chi connectivity index (χ0) is 16.2. The van der Waals surface area contributed by atoms with E-state index in [-0.39, 0.29) is 11.3 Å². The van der Waals surface area contributed by atoms with Gasteiger partial charge in [0.05, 0.1) is 12.2 Å². The van der Waals surface area contributed by atoms with Gasteiger partial charge in [0.1, 0.15) is 12.4 Å². The Morgan fingerprint density at radius 2 is 2.23 bits per heavy atom. The molecule has 1 saturated heterocycles. The van der Waals surface area contributed by atoms with Crippen LogP contribution < -0.4 is 10.5 Å². The van der Waals surface area contributed by atoms with Crippen LogP contribution in [0, 0.1) is 5.41 Å². The molecular weight excluding hydrogens is 304 g/mol. The Kier molecular flexibility index (Phi) is 5.67. The monoisotopic (exact) mass is 326 g/mol. The van der Waals surface area contributed by atoms with E-state index in [1.54, 1.807) is 25.3 Å². The van der Waals surface area contributed by atoms with E-state index < -0.39 is 0 Å². The Balaban J connectivity index is 2.16. The fourth-order valence-electron chi connectivity index (χ4n) is 2.56. The number of halogens is 1. The lowest BCUT2D eigenvalue weighted by Crippen LogP contribution is -2.34. The van der Waals surface area contributed by atoms with E-state index in [9.17, 15) is 4.79 Å². The lowest BCUT2D eigenvalue weighted by atomic mass is 9.90. The molecule has 1 fully saturated rings. The van der Waals surface area contributed by atoms with Crippen LogP contribution in [0.5, 0.6) is 5.75 Å². The van der Waals surface area contributed by atoms with Gasteiger partial charge in [-0.2, -0.15) is 0 Å². The Morgan fingerprint density at radius 3 is 2.86 bits per heavy atom. The number of carbonyl (C=O) groups is 1. The molecule has 0 aromatic heterocycles. The number of ether oxygens (including phenoxy) is 2. The zero-order valence-electron chi connectivity index (χ0n) is 13.1. The molecule has 2 N–H and O–H groups in total. The number of nitrogens with zero attached hydrogens (tertiary/aromatic N) is 1. The maximum absolute atomic E-state index is 12.8. The molecule has 1 unspecified atom stereocenters. The lowest BCUT2D eigenvalue weighted by Gasteiger charge is -2.23. The number of carbonyl (C=O) groups excluding carboxylic acids is 1. The number of rotatable bonds is 6. The molecule has 6 heteroatoms. The number of nitrogens with two attached hydrogens (primary N) is 1. The van der Waals surface area contributed by atoms with Crippen molar-refractivity contribution in [3.8, 4) is 5.75 Å². The first-order valence-corrected chi connectivity index (χ1v) is 7.77. The van der Waals surface area contributed by atoms with Gasteiger partial charge in [-0.15, -0.1) is 0 Å². The molecule has 1 aliphatic rings. The fourth-order valence-corrected chi connectivity index (χ4v) is 2.74. The molecule has 0 radical (unpaired) electrons. The highest BCUT2D eigenvalue weighted by molar-refractivity contribution is 6.31. The third-order valence-electron chi connectivity index (χ3n) is 4.05. The number of hydrogen-bond acceptors (Lipinski definition) is 4. The quantitative estimate of drug-likeness (QED) is 0.814. The van der Waals surface area contributed by atoms with Gasteiger partial charge < -0.3 is 20.1 Å². The molecular formula is C16H23ClN2O3. The van der Waals surface area contributed by atoms with Crippen molar-refractivity contribution >= 4 is 17.5 Å². The van der Waals surface area contributed by atoms with Crippen LogP contribution in [-0.4, -0.2) is 50.8 Å². The van der Waals surface area contributed by atoms with Gasteiger partial charge in [-0.05, 0) is 36.6 Å². The molecule has 2 rings (SSSR count). The topological polar surface area (TPSA) is 64.8 Å². The summed E-state index contributed by atoms with van der Waals surface area (Å²) in [6, 6.07) is 5.10. The van der Waals surface area contributed by atoms with Crippen molar-refractivity contribution in [2.24, 2.45) is 11.1 Å². The molecule has 1 amide bonds. The minimum Gasteiger partial charge on any atom is -0.490 e. The van der Waals surface area contributed by atoms with Crippen molar-refractivity contribution in [3.63, 3.8) is 0 Å². The van der Waals surface area contributed by atoms with Crippen LogP contribution in [0.1, 0.15) is 23.7 Å². The van der Waals surface area contributed by atoms with Gasteiger partial charge in [-0.25, -0.2) is 0 Å². The molecule has 0 saturated carbocycles. The second-order valence-corrected chi connectivity index (χ2v) is 6.41. The van der Waals surface area contributed by atoms with Gasteiger partial charge in [0, 0.05) is 25.2 Å². The van der Waals surface area contributed by atoms with E-state index in [2.05, 4.69) is 6.92 Å². The van der Waals surface area contributed by atoms with Gasteiger partial charge in [0.2, 0.25) is 0 Å². The Morgan fingerprint density at radius 1 is 1.45 bits per heavy atom. The van der Waals surface area contributed by atoms with Crippen molar-refractivity contribution in [1.82, 2.24) is 4.90 Å². The van der Waals surface area contributed by atoms with E-state index in [4.69, 9.17) is 26.8 Å². The Bertz CT molecular complexity index is 538. The number of benzene rings is 1. The zero-order valence-corrected chi connectivity index (χ0v) is 13.9. The van der Waals surface area contributed by atoms with Gasteiger partial charge in [-0.3, -0.25) is 4.79 Å². The van der Waals surface area contributed by atoms with Crippen LogP contribution in [0.4, 0.5) is 0 Å². The van der Waals surface area contributed by atoms with E-state index >= 15 is 0 Å². The third kappa shape index (κ3) is 3.91. The SMILES string of the molecule is COCCOc1ccc(Cl)cc1C(=O)N1CCC(C)(CN)C1. The average molecular weight is 327 g/mol. The van der Waals surface area contributed by atoms with Crippen LogP contribution in [-0.2, 0) is 4.74 Å². The summed E-state index contributed by atoms with van der Waals surface area (Å²) in [7, 11) is 1.61. The minimum absolute atomic E-state index is 0.00862. The summed E-state index contributed by atoms with van der Waals surface area (Å²) in [6.07, 6.45) is 0.912. The predicted octanol–water partition coefficient (Wildman–Crippen LogP) is 2.18. The van der Waals surface area contributed by atoms with Crippen molar-refractivity contribution in [1.29, 1.82) is 0 Å². The van der Waals surface area contributed by atoms with E-state index in [1.807, 2.05) is 4.90 Å². The van der Waals surface area contributed by atoms with Crippen molar-refractivity contribution < 1.29 is 14.3 Å². The number of amides is 1. The summed E-state index contributed by atoms with van der Waals surface area (Å²) in [5.41, 5.74) is 6.29.